The first kappa shape index (κ1) is 13.4. The molecule has 0 N–H and O–H groups in total. The van der Waals surface area contributed by atoms with E-state index in [0.29, 0.717) is 26.1 Å². The van der Waals surface area contributed by atoms with Crippen LogP contribution in [-0.2, 0) is 11.2 Å². The number of rotatable bonds is 5. The summed E-state index contributed by atoms with van der Waals surface area (Å²) in [6, 6.07) is 10.1. The number of carbonyl (C=O) groups is 1. The van der Waals surface area contributed by atoms with E-state index in [4.69, 9.17) is 10.00 Å². The standard InChI is InChI=1S/C15H18N2O2/c1-2-12-3-5-14(6-4-12)19-8-7-17-11-13(10-16)9-15(17)18/h3-6,13H,2,7-9,11H2,1H3. The summed E-state index contributed by atoms with van der Waals surface area (Å²) >= 11 is 0. The fraction of sp³-hybridized carbons (Fsp3) is 0.467. The highest BCUT2D eigenvalue weighted by Gasteiger charge is 2.28. The number of aryl methyl sites for hydroxylation is 1. The van der Waals surface area contributed by atoms with E-state index >= 15 is 0 Å². The molecule has 100 valence electrons. The molecule has 1 fully saturated rings. The van der Waals surface area contributed by atoms with Gasteiger partial charge in [-0.3, -0.25) is 4.79 Å². The number of amides is 1. The molecule has 0 aliphatic carbocycles. The minimum atomic E-state index is -0.156. The minimum absolute atomic E-state index is 0.0523. The molecule has 1 amide bonds. The van der Waals surface area contributed by atoms with Crippen molar-refractivity contribution in [2.75, 3.05) is 19.7 Å². The number of hydrogen-bond donors (Lipinski definition) is 0. The van der Waals surface area contributed by atoms with E-state index < -0.39 is 0 Å². The first-order chi connectivity index (χ1) is 9.22. The first-order valence-corrected chi connectivity index (χ1v) is 6.62. The summed E-state index contributed by atoms with van der Waals surface area (Å²) in [5.74, 6) is 0.716. The third kappa shape index (κ3) is 3.47. The van der Waals surface area contributed by atoms with Crippen LogP contribution >= 0.6 is 0 Å². The second kappa shape index (κ2) is 6.24. The van der Waals surface area contributed by atoms with Gasteiger partial charge in [-0.25, -0.2) is 0 Å². The summed E-state index contributed by atoms with van der Waals surface area (Å²) in [6.07, 6.45) is 1.36. The van der Waals surface area contributed by atoms with Crippen molar-refractivity contribution in [2.45, 2.75) is 19.8 Å². The molecule has 1 aliphatic heterocycles. The predicted molar refractivity (Wildman–Crippen MR) is 71.6 cm³/mol. The van der Waals surface area contributed by atoms with Gasteiger partial charge in [0, 0.05) is 13.0 Å². The lowest BCUT2D eigenvalue weighted by Gasteiger charge is -2.16. The minimum Gasteiger partial charge on any atom is -0.492 e. The van der Waals surface area contributed by atoms with Crippen molar-refractivity contribution in [1.29, 1.82) is 5.26 Å². The average Bonchev–Trinajstić information content (AvgIpc) is 2.80. The number of nitrogens with zero attached hydrogens (tertiary/aromatic N) is 2. The molecule has 2 rings (SSSR count). The zero-order valence-corrected chi connectivity index (χ0v) is 11.1. The summed E-state index contributed by atoms with van der Waals surface area (Å²) in [6.45, 7) is 3.66. The van der Waals surface area contributed by atoms with Crippen LogP contribution in [0.2, 0.25) is 0 Å². The van der Waals surface area contributed by atoms with Crippen molar-refractivity contribution in [3.63, 3.8) is 0 Å². The maximum Gasteiger partial charge on any atom is 0.224 e. The van der Waals surface area contributed by atoms with Crippen LogP contribution in [0.1, 0.15) is 18.9 Å². The molecule has 4 heteroatoms. The number of carbonyl (C=O) groups excluding carboxylic acids is 1. The van der Waals surface area contributed by atoms with E-state index in [2.05, 4.69) is 13.0 Å². The average molecular weight is 258 g/mol. The fourth-order valence-corrected chi connectivity index (χ4v) is 2.17. The second-order valence-electron chi connectivity index (χ2n) is 4.72. The largest absolute Gasteiger partial charge is 0.492 e. The summed E-state index contributed by atoms with van der Waals surface area (Å²) in [5.41, 5.74) is 1.28. The van der Waals surface area contributed by atoms with Crippen molar-refractivity contribution in [3.8, 4) is 11.8 Å². The second-order valence-corrected chi connectivity index (χ2v) is 4.72. The van der Waals surface area contributed by atoms with Crippen molar-refractivity contribution >= 4 is 5.91 Å². The Kier molecular flexibility index (Phi) is 4.40. The molecule has 0 spiro atoms. The number of likely N-dealkylation sites (tertiary alicyclic amines) is 1. The van der Waals surface area contributed by atoms with Gasteiger partial charge in [0.1, 0.15) is 12.4 Å². The summed E-state index contributed by atoms with van der Waals surface area (Å²) in [7, 11) is 0. The molecule has 0 radical (unpaired) electrons. The molecule has 1 aromatic rings. The summed E-state index contributed by atoms with van der Waals surface area (Å²) < 4.78 is 5.61. The molecule has 19 heavy (non-hydrogen) atoms. The molecule has 1 heterocycles. The molecule has 0 aromatic heterocycles. The molecule has 4 nitrogen and oxygen atoms in total. The number of hydrogen-bond acceptors (Lipinski definition) is 3. The van der Waals surface area contributed by atoms with Gasteiger partial charge in [-0.05, 0) is 24.1 Å². The van der Waals surface area contributed by atoms with Gasteiger partial charge < -0.3 is 9.64 Å². The molecule has 0 saturated carbocycles. The van der Waals surface area contributed by atoms with Gasteiger partial charge in [0.15, 0.2) is 0 Å². The highest BCUT2D eigenvalue weighted by Crippen LogP contribution is 2.17. The topological polar surface area (TPSA) is 53.3 Å². The Morgan fingerprint density at radius 3 is 2.74 bits per heavy atom. The van der Waals surface area contributed by atoms with Crippen LogP contribution in [0.25, 0.3) is 0 Å². The monoisotopic (exact) mass is 258 g/mol. The zero-order chi connectivity index (χ0) is 13.7. The lowest BCUT2D eigenvalue weighted by Crippen LogP contribution is -2.29. The molecule has 1 aromatic carbocycles. The van der Waals surface area contributed by atoms with E-state index in [9.17, 15) is 4.79 Å². The highest BCUT2D eigenvalue weighted by atomic mass is 16.5. The van der Waals surface area contributed by atoms with Crippen molar-refractivity contribution in [2.24, 2.45) is 5.92 Å². The molecule has 1 atom stereocenters. The van der Waals surface area contributed by atoms with Crippen LogP contribution in [0.15, 0.2) is 24.3 Å². The number of nitriles is 1. The SMILES string of the molecule is CCc1ccc(OCCN2CC(C#N)CC2=O)cc1. The van der Waals surface area contributed by atoms with Gasteiger partial charge in [0.05, 0.1) is 18.5 Å². The first-order valence-electron chi connectivity index (χ1n) is 6.62. The summed E-state index contributed by atoms with van der Waals surface area (Å²) in [4.78, 5) is 13.3. The molecule has 1 unspecified atom stereocenters. The van der Waals surface area contributed by atoms with Gasteiger partial charge in [-0.15, -0.1) is 0 Å². The van der Waals surface area contributed by atoms with Crippen LogP contribution in [0.4, 0.5) is 0 Å². The van der Waals surface area contributed by atoms with Gasteiger partial charge in [0.25, 0.3) is 0 Å². The zero-order valence-electron chi connectivity index (χ0n) is 11.1. The van der Waals surface area contributed by atoms with Crippen molar-refractivity contribution in [1.82, 2.24) is 4.90 Å². The van der Waals surface area contributed by atoms with Gasteiger partial charge in [0.2, 0.25) is 5.91 Å². The number of benzene rings is 1. The molecule has 1 aliphatic rings. The van der Waals surface area contributed by atoms with E-state index in [-0.39, 0.29) is 11.8 Å². The van der Waals surface area contributed by atoms with Crippen LogP contribution in [0, 0.1) is 17.2 Å². The lowest BCUT2D eigenvalue weighted by molar-refractivity contribution is -0.128. The van der Waals surface area contributed by atoms with Gasteiger partial charge in [-0.1, -0.05) is 19.1 Å². The van der Waals surface area contributed by atoms with Crippen LogP contribution in [0.5, 0.6) is 5.75 Å². The van der Waals surface area contributed by atoms with Crippen LogP contribution in [-0.4, -0.2) is 30.5 Å². The maximum absolute atomic E-state index is 11.6. The number of ether oxygens (including phenoxy) is 1. The molecular formula is C15H18N2O2. The Hall–Kier alpha value is -2.02. The van der Waals surface area contributed by atoms with E-state index in [1.807, 2.05) is 24.3 Å². The Bertz CT molecular complexity index is 476. The molecule has 0 bridgehead atoms. The normalized spacial score (nSPS) is 18.4. The van der Waals surface area contributed by atoms with E-state index in [0.717, 1.165) is 12.2 Å². The van der Waals surface area contributed by atoms with Crippen LogP contribution < -0.4 is 4.74 Å². The Balaban J connectivity index is 1.77. The maximum atomic E-state index is 11.6. The smallest absolute Gasteiger partial charge is 0.224 e. The fourth-order valence-electron chi connectivity index (χ4n) is 2.17. The van der Waals surface area contributed by atoms with E-state index in [1.54, 1.807) is 4.90 Å². The van der Waals surface area contributed by atoms with Crippen molar-refractivity contribution < 1.29 is 9.53 Å². The lowest BCUT2D eigenvalue weighted by atomic mass is 10.1. The molecule has 1 saturated heterocycles. The predicted octanol–water partition coefficient (Wildman–Crippen LogP) is 2.00. The Labute approximate surface area is 113 Å². The van der Waals surface area contributed by atoms with Crippen LogP contribution in [0.3, 0.4) is 0 Å². The van der Waals surface area contributed by atoms with Gasteiger partial charge >= 0.3 is 0 Å². The Morgan fingerprint density at radius 2 is 2.16 bits per heavy atom. The third-order valence-corrected chi connectivity index (χ3v) is 3.36. The Morgan fingerprint density at radius 1 is 1.42 bits per heavy atom. The quantitative estimate of drug-likeness (QED) is 0.811. The van der Waals surface area contributed by atoms with Gasteiger partial charge in [-0.2, -0.15) is 5.26 Å². The third-order valence-electron chi connectivity index (χ3n) is 3.36. The highest BCUT2D eigenvalue weighted by molar-refractivity contribution is 5.79. The summed E-state index contributed by atoms with van der Waals surface area (Å²) in [5, 5.41) is 8.79. The molecular weight excluding hydrogens is 240 g/mol. The van der Waals surface area contributed by atoms with Crippen molar-refractivity contribution in [3.05, 3.63) is 29.8 Å². The van der Waals surface area contributed by atoms with E-state index in [1.165, 1.54) is 5.56 Å².